The second-order valence-corrected chi connectivity index (χ2v) is 7.45. The largest absolute Gasteiger partial charge is 0.497 e. The van der Waals surface area contributed by atoms with Gasteiger partial charge in [-0.1, -0.05) is 18.2 Å². The van der Waals surface area contributed by atoms with Crippen LogP contribution in [-0.4, -0.2) is 47.5 Å². The number of rotatable bonds is 4. The molecule has 2 heterocycles. The molecule has 0 saturated carbocycles. The van der Waals surface area contributed by atoms with Crippen LogP contribution < -0.4 is 9.64 Å². The minimum Gasteiger partial charge on any atom is -0.497 e. The summed E-state index contributed by atoms with van der Waals surface area (Å²) in [6, 6.07) is 11.8. The van der Waals surface area contributed by atoms with Crippen molar-refractivity contribution in [1.29, 1.82) is 0 Å². The first-order valence-corrected chi connectivity index (χ1v) is 9.48. The second-order valence-electron chi connectivity index (χ2n) is 7.45. The normalized spacial score (nSPS) is 20.3. The Labute approximate surface area is 168 Å². The van der Waals surface area contributed by atoms with Crippen LogP contribution >= 0.6 is 0 Å². The lowest BCUT2D eigenvalue weighted by molar-refractivity contribution is -0.140. The summed E-state index contributed by atoms with van der Waals surface area (Å²) in [5.74, 6) is -0.859. The summed E-state index contributed by atoms with van der Waals surface area (Å²) >= 11 is 0. The summed E-state index contributed by atoms with van der Waals surface area (Å²) in [6.45, 7) is 2.21. The maximum atomic E-state index is 13.2. The van der Waals surface area contributed by atoms with Crippen LogP contribution in [0.5, 0.6) is 5.75 Å². The van der Waals surface area contributed by atoms with Crippen LogP contribution in [0.2, 0.25) is 0 Å². The zero-order valence-corrected chi connectivity index (χ0v) is 16.3. The molecule has 1 N–H and O–H groups in total. The molecule has 0 saturated heterocycles. The highest BCUT2D eigenvalue weighted by Crippen LogP contribution is 2.44. The van der Waals surface area contributed by atoms with Gasteiger partial charge in [-0.05, 0) is 41.8 Å². The number of carboxylic acids is 1. The van der Waals surface area contributed by atoms with E-state index in [9.17, 15) is 19.5 Å². The molecule has 0 radical (unpaired) electrons. The van der Waals surface area contributed by atoms with E-state index in [-0.39, 0.29) is 24.2 Å². The maximum absolute atomic E-state index is 13.2. The van der Waals surface area contributed by atoms with E-state index in [4.69, 9.17) is 4.74 Å². The number of carbonyl (C=O) groups excluding carboxylic acids is 2. The molecular weight excluding hydrogens is 372 g/mol. The Kier molecular flexibility index (Phi) is 4.74. The molecule has 2 aliphatic heterocycles. The van der Waals surface area contributed by atoms with Crippen molar-refractivity contribution < 1.29 is 24.2 Å². The molecular formula is C22H22N2O5. The van der Waals surface area contributed by atoms with Gasteiger partial charge in [-0.15, -0.1) is 0 Å². The van der Waals surface area contributed by atoms with Gasteiger partial charge in [0, 0.05) is 37.2 Å². The molecule has 29 heavy (non-hydrogen) atoms. The Morgan fingerprint density at radius 2 is 1.90 bits per heavy atom. The van der Waals surface area contributed by atoms with Crippen molar-refractivity contribution in [3.05, 3.63) is 59.2 Å². The second kappa shape index (κ2) is 7.24. The fourth-order valence-corrected chi connectivity index (χ4v) is 4.41. The summed E-state index contributed by atoms with van der Waals surface area (Å²) in [5.41, 5.74) is 2.84. The molecule has 0 spiro atoms. The number of amides is 2. The van der Waals surface area contributed by atoms with Crippen LogP contribution in [-0.2, 0) is 16.1 Å². The number of ether oxygens (including phenoxy) is 1. The summed E-state index contributed by atoms with van der Waals surface area (Å²) in [5, 5.41) is 9.70. The minimum atomic E-state index is -1.03. The first kappa shape index (κ1) is 19.0. The third-order valence-electron chi connectivity index (χ3n) is 5.69. The Bertz CT molecular complexity index is 985. The molecule has 2 amide bonds. The topological polar surface area (TPSA) is 87.2 Å². The van der Waals surface area contributed by atoms with E-state index in [0.29, 0.717) is 24.3 Å². The van der Waals surface area contributed by atoms with E-state index < -0.39 is 12.0 Å². The summed E-state index contributed by atoms with van der Waals surface area (Å²) in [4.78, 5) is 40.3. The van der Waals surface area contributed by atoms with Crippen LogP contribution in [0.4, 0.5) is 5.69 Å². The van der Waals surface area contributed by atoms with Crippen LogP contribution in [0.3, 0.4) is 0 Å². The van der Waals surface area contributed by atoms with Crippen molar-refractivity contribution in [3.63, 3.8) is 0 Å². The molecule has 2 aromatic rings. The van der Waals surface area contributed by atoms with E-state index >= 15 is 0 Å². The number of methoxy groups -OCH3 is 1. The third kappa shape index (κ3) is 3.22. The maximum Gasteiger partial charge on any atom is 0.326 e. The molecule has 0 aliphatic carbocycles. The molecule has 150 valence electrons. The Balaban J connectivity index is 1.71. The standard InChI is InChI=1S/C22H22N2O5/c1-13(25)24-18-5-3-4-17-20(18)15(10-19(24)22(27)28)12-23(21(17)26)11-14-6-8-16(29-2)9-7-14/h3-9,15,19H,10-12H2,1-2H3,(H,27,28)/t15-,19-/m0/s1. The summed E-state index contributed by atoms with van der Waals surface area (Å²) < 4.78 is 5.18. The molecule has 0 fully saturated rings. The number of benzene rings is 2. The molecule has 2 aromatic carbocycles. The molecule has 7 heteroatoms. The van der Waals surface area contributed by atoms with Gasteiger partial charge in [0.05, 0.1) is 7.11 Å². The van der Waals surface area contributed by atoms with Gasteiger partial charge in [-0.2, -0.15) is 0 Å². The van der Waals surface area contributed by atoms with Gasteiger partial charge in [0.15, 0.2) is 0 Å². The number of hydrogen-bond acceptors (Lipinski definition) is 4. The minimum absolute atomic E-state index is 0.105. The van der Waals surface area contributed by atoms with Crippen molar-refractivity contribution in [2.45, 2.75) is 31.8 Å². The fraction of sp³-hybridized carbons (Fsp3) is 0.318. The van der Waals surface area contributed by atoms with Crippen LogP contribution in [0, 0.1) is 0 Å². The van der Waals surface area contributed by atoms with Crippen molar-refractivity contribution >= 4 is 23.5 Å². The lowest BCUT2D eigenvalue weighted by Gasteiger charge is -2.43. The average molecular weight is 394 g/mol. The van der Waals surface area contributed by atoms with Gasteiger partial charge in [0.2, 0.25) is 5.91 Å². The number of anilines is 1. The Hall–Kier alpha value is -3.35. The number of nitrogens with zero attached hydrogens (tertiary/aromatic N) is 2. The van der Waals surface area contributed by atoms with E-state index in [1.807, 2.05) is 24.3 Å². The fourth-order valence-electron chi connectivity index (χ4n) is 4.41. The average Bonchev–Trinajstić information content (AvgIpc) is 2.71. The number of hydrogen-bond donors (Lipinski definition) is 1. The zero-order chi connectivity index (χ0) is 20.7. The van der Waals surface area contributed by atoms with Crippen LogP contribution in [0.25, 0.3) is 0 Å². The Morgan fingerprint density at radius 3 is 2.52 bits per heavy atom. The van der Waals surface area contributed by atoms with Gasteiger partial charge in [0.25, 0.3) is 5.91 Å². The molecule has 2 aliphatic rings. The van der Waals surface area contributed by atoms with E-state index in [1.165, 1.54) is 11.8 Å². The van der Waals surface area contributed by atoms with E-state index in [1.54, 1.807) is 30.2 Å². The van der Waals surface area contributed by atoms with Gasteiger partial charge in [0.1, 0.15) is 11.8 Å². The van der Waals surface area contributed by atoms with Crippen molar-refractivity contribution in [3.8, 4) is 5.75 Å². The highest BCUT2D eigenvalue weighted by atomic mass is 16.5. The number of aliphatic carboxylic acids is 1. The summed E-state index contributed by atoms with van der Waals surface area (Å²) in [6.07, 6.45) is 0.283. The van der Waals surface area contributed by atoms with Gasteiger partial charge in [-0.3, -0.25) is 14.5 Å². The van der Waals surface area contributed by atoms with E-state index in [0.717, 1.165) is 16.9 Å². The smallest absolute Gasteiger partial charge is 0.326 e. The highest BCUT2D eigenvalue weighted by molar-refractivity contribution is 6.04. The van der Waals surface area contributed by atoms with Crippen LogP contribution in [0.15, 0.2) is 42.5 Å². The first-order valence-electron chi connectivity index (χ1n) is 9.48. The quantitative estimate of drug-likeness (QED) is 0.861. The molecule has 4 rings (SSSR count). The van der Waals surface area contributed by atoms with Crippen molar-refractivity contribution in [1.82, 2.24) is 4.90 Å². The van der Waals surface area contributed by atoms with Gasteiger partial charge in [-0.25, -0.2) is 4.79 Å². The SMILES string of the molecule is COc1ccc(CN2C[C@@H]3C[C@@H](C(=O)O)N(C(C)=O)c4cccc(c43)C2=O)cc1. The van der Waals surface area contributed by atoms with Gasteiger partial charge >= 0.3 is 5.97 Å². The van der Waals surface area contributed by atoms with Crippen molar-refractivity contribution in [2.75, 3.05) is 18.6 Å². The molecule has 7 nitrogen and oxygen atoms in total. The highest BCUT2D eigenvalue weighted by Gasteiger charge is 2.44. The number of carbonyl (C=O) groups is 3. The van der Waals surface area contributed by atoms with Gasteiger partial charge < -0.3 is 14.7 Å². The number of carboxylic acid groups (broad SMARTS) is 1. The summed E-state index contributed by atoms with van der Waals surface area (Å²) in [7, 11) is 1.60. The molecule has 0 bridgehead atoms. The Morgan fingerprint density at radius 1 is 1.17 bits per heavy atom. The molecule has 0 aromatic heterocycles. The molecule has 0 unspecified atom stereocenters. The predicted octanol–water partition coefficient (Wildman–Crippen LogP) is 2.64. The van der Waals surface area contributed by atoms with Crippen molar-refractivity contribution in [2.24, 2.45) is 0 Å². The van der Waals surface area contributed by atoms with E-state index in [2.05, 4.69) is 0 Å². The first-order chi connectivity index (χ1) is 13.9. The molecule has 2 atom stereocenters. The van der Waals surface area contributed by atoms with Crippen LogP contribution in [0.1, 0.15) is 40.7 Å². The lowest BCUT2D eigenvalue weighted by atomic mass is 9.79. The lowest BCUT2D eigenvalue weighted by Crippen LogP contribution is -2.52. The predicted molar refractivity (Wildman–Crippen MR) is 106 cm³/mol. The monoisotopic (exact) mass is 394 g/mol. The zero-order valence-electron chi connectivity index (χ0n) is 16.3. The third-order valence-corrected chi connectivity index (χ3v) is 5.69.